The van der Waals surface area contributed by atoms with Crippen LogP contribution in [-0.4, -0.2) is 18.1 Å². The first-order valence-electron chi connectivity index (χ1n) is 6.78. The summed E-state index contributed by atoms with van der Waals surface area (Å²) in [4.78, 5) is 12.0. The van der Waals surface area contributed by atoms with Crippen LogP contribution in [-0.2, 0) is 4.74 Å². The molecule has 0 aromatic heterocycles. The third-order valence-electron chi connectivity index (χ3n) is 3.01. The summed E-state index contributed by atoms with van der Waals surface area (Å²) < 4.78 is 5.38. The van der Waals surface area contributed by atoms with Crippen LogP contribution in [0.15, 0.2) is 24.3 Å². The quantitative estimate of drug-likeness (QED) is 0.848. The molecular weight excluding hydrogens is 238 g/mol. The number of hydrogen-bond acceptors (Lipinski definition) is 3. The van der Waals surface area contributed by atoms with Crippen LogP contribution in [0, 0.1) is 5.92 Å². The molecule has 0 aliphatic heterocycles. The zero-order valence-corrected chi connectivity index (χ0v) is 12.6. The van der Waals surface area contributed by atoms with Crippen LogP contribution in [0.2, 0.25) is 0 Å². The molecule has 0 bridgehead atoms. The van der Waals surface area contributed by atoms with Gasteiger partial charge in [-0.15, -0.1) is 0 Å². The van der Waals surface area contributed by atoms with Gasteiger partial charge in [-0.3, -0.25) is 0 Å². The number of rotatable bonds is 4. The zero-order chi connectivity index (χ0) is 14.6. The molecule has 0 aliphatic carbocycles. The fourth-order valence-corrected chi connectivity index (χ4v) is 2.03. The Hall–Kier alpha value is -1.35. The van der Waals surface area contributed by atoms with Crippen LogP contribution in [0.4, 0.5) is 0 Å². The van der Waals surface area contributed by atoms with E-state index in [1.807, 2.05) is 39.0 Å². The monoisotopic (exact) mass is 263 g/mol. The molecule has 0 heterocycles. The summed E-state index contributed by atoms with van der Waals surface area (Å²) in [5, 5.41) is 0. The van der Waals surface area contributed by atoms with Gasteiger partial charge in [0, 0.05) is 0 Å². The first-order chi connectivity index (χ1) is 8.74. The smallest absolute Gasteiger partial charge is 0.338 e. The van der Waals surface area contributed by atoms with Crippen molar-refractivity contribution in [2.75, 3.05) is 6.54 Å². The van der Waals surface area contributed by atoms with Gasteiger partial charge in [0.1, 0.15) is 5.60 Å². The van der Waals surface area contributed by atoms with Crippen LogP contribution in [0.5, 0.6) is 0 Å². The van der Waals surface area contributed by atoms with Gasteiger partial charge in [0.25, 0.3) is 0 Å². The van der Waals surface area contributed by atoms with E-state index in [1.54, 1.807) is 6.07 Å². The van der Waals surface area contributed by atoms with E-state index in [2.05, 4.69) is 13.8 Å². The Balaban J connectivity index is 2.97. The predicted octanol–water partition coefficient (Wildman–Crippen LogP) is 3.34. The third kappa shape index (κ3) is 4.67. The molecule has 0 saturated heterocycles. The van der Waals surface area contributed by atoms with Gasteiger partial charge < -0.3 is 10.5 Å². The molecule has 1 unspecified atom stereocenters. The standard InChI is InChI=1S/C16H25NO2/c1-11(2)14(10-17)12-7-6-8-13(9-12)15(18)19-16(3,4)5/h6-9,11,14H,10,17H2,1-5H3. The average molecular weight is 263 g/mol. The number of benzene rings is 1. The minimum Gasteiger partial charge on any atom is -0.456 e. The summed E-state index contributed by atoms with van der Waals surface area (Å²) in [5.41, 5.74) is 7.03. The van der Waals surface area contributed by atoms with Gasteiger partial charge in [-0.05, 0) is 56.8 Å². The number of nitrogens with two attached hydrogens (primary N) is 1. The Labute approximate surface area is 116 Å². The summed E-state index contributed by atoms with van der Waals surface area (Å²) in [6, 6.07) is 7.59. The molecule has 3 nitrogen and oxygen atoms in total. The molecule has 1 atom stereocenters. The first kappa shape index (κ1) is 15.7. The van der Waals surface area contributed by atoms with Crippen molar-refractivity contribution in [3.8, 4) is 0 Å². The molecule has 0 fully saturated rings. The van der Waals surface area contributed by atoms with Crippen LogP contribution in [0.3, 0.4) is 0 Å². The van der Waals surface area contributed by atoms with E-state index in [0.717, 1.165) is 5.56 Å². The van der Waals surface area contributed by atoms with Crippen molar-refractivity contribution in [1.82, 2.24) is 0 Å². The van der Waals surface area contributed by atoms with Gasteiger partial charge in [-0.25, -0.2) is 4.79 Å². The Bertz CT molecular complexity index is 433. The lowest BCUT2D eigenvalue weighted by Gasteiger charge is -2.22. The van der Waals surface area contributed by atoms with Crippen molar-refractivity contribution < 1.29 is 9.53 Å². The summed E-state index contributed by atoms with van der Waals surface area (Å²) in [5.74, 6) is 0.426. The van der Waals surface area contributed by atoms with Crippen molar-refractivity contribution in [2.24, 2.45) is 11.7 Å². The van der Waals surface area contributed by atoms with Crippen LogP contribution >= 0.6 is 0 Å². The summed E-state index contributed by atoms with van der Waals surface area (Å²) in [6.45, 7) is 10.5. The van der Waals surface area contributed by atoms with Crippen molar-refractivity contribution in [1.29, 1.82) is 0 Å². The highest BCUT2D eigenvalue weighted by atomic mass is 16.6. The van der Waals surface area contributed by atoms with Crippen LogP contribution < -0.4 is 5.73 Å². The number of esters is 1. The molecule has 2 N–H and O–H groups in total. The lowest BCUT2D eigenvalue weighted by atomic mass is 9.88. The van der Waals surface area contributed by atoms with Crippen molar-refractivity contribution in [3.05, 3.63) is 35.4 Å². The van der Waals surface area contributed by atoms with Gasteiger partial charge in [0.2, 0.25) is 0 Å². The average Bonchev–Trinajstić information content (AvgIpc) is 2.27. The SMILES string of the molecule is CC(C)C(CN)c1cccc(C(=O)OC(C)(C)C)c1. The molecule has 0 spiro atoms. The topological polar surface area (TPSA) is 52.3 Å². The van der Waals surface area contributed by atoms with Crippen molar-refractivity contribution in [2.45, 2.75) is 46.1 Å². The maximum atomic E-state index is 12.0. The summed E-state index contributed by atoms with van der Waals surface area (Å²) in [6.07, 6.45) is 0. The predicted molar refractivity (Wildman–Crippen MR) is 78.2 cm³/mol. The Morgan fingerprint density at radius 1 is 1.32 bits per heavy atom. The second-order valence-electron chi connectivity index (χ2n) is 6.21. The Kier molecular flexibility index (Phi) is 5.12. The van der Waals surface area contributed by atoms with Crippen LogP contribution in [0.1, 0.15) is 56.5 Å². The molecule has 0 amide bonds. The second-order valence-corrected chi connectivity index (χ2v) is 6.21. The summed E-state index contributed by atoms with van der Waals surface area (Å²) >= 11 is 0. The minimum atomic E-state index is -0.474. The first-order valence-corrected chi connectivity index (χ1v) is 6.78. The highest BCUT2D eigenvalue weighted by molar-refractivity contribution is 5.89. The number of carbonyl (C=O) groups is 1. The van der Waals surface area contributed by atoms with E-state index in [0.29, 0.717) is 18.0 Å². The normalized spacial score (nSPS) is 13.4. The molecule has 1 aromatic carbocycles. The van der Waals surface area contributed by atoms with E-state index >= 15 is 0 Å². The highest BCUT2D eigenvalue weighted by Gasteiger charge is 2.20. The fourth-order valence-electron chi connectivity index (χ4n) is 2.03. The number of carbonyl (C=O) groups excluding carboxylic acids is 1. The largest absolute Gasteiger partial charge is 0.456 e. The highest BCUT2D eigenvalue weighted by Crippen LogP contribution is 2.24. The molecule has 0 aliphatic rings. The Morgan fingerprint density at radius 3 is 2.42 bits per heavy atom. The van der Waals surface area contributed by atoms with Crippen molar-refractivity contribution in [3.63, 3.8) is 0 Å². The minimum absolute atomic E-state index is 0.266. The van der Waals surface area contributed by atoms with E-state index in [-0.39, 0.29) is 11.9 Å². The molecule has 0 saturated carbocycles. The lowest BCUT2D eigenvalue weighted by molar-refractivity contribution is 0.00693. The Morgan fingerprint density at radius 2 is 1.95 bits per heavy atom. The maximum Gasteiger partial charge on any atom is 0.338 e. The van der Waals surface area contributed by atoms with Gasteiger partial charge in [0.05, 0.1) is 5.56 Å². The molecule has 3 heteroatoms. The molecule has 106 valence electrons. The molecular formula is C16H25NO2. The molecule has 19 heavy (non-hydrogen) atoms. The number of hydrogen-bond donors (Lipinski definition) is 1. The van der Waals surface area contributed by atoms with Gasteiger partial charge in [-0.2, -0.15) is 0 Å². The maximum absolute atomic E-state index is 12.0. The molecule has 0 radical (unpaired) electrons. The van der Waals surface area contributed by atoms with E-state index < -0.39 is 5.60 Å². The van der Waals surface area contributed by atoms with Gasteiger partial charge in [-0.1, -0.05) is 26.0 Å². The van der Waals surface area contributed by atoms with E-state index in [1.165, 1.54) is 0 Å². The van der Waals surface area contributed by atoms with E-state index in [9.17, 15) is 4.79 Å². The lowest BCUT2D eigenvalue weighted by Crippen LogP contribution is -2.24. The summed E-state index contributed by atoms with van der Waals surface area (Å²) in [7, 11) is 0. The molecule has 1 aromatic rings. The third-order valence-corrected chi connectivity index (χ3v) is 3.01. The van der Waals surface area contributed by atoms with Gasteiger partial charge >= 0.3 is 5.97 Å². The van der Waals surface area contributed by atoms with Crippen molar-refractivity contribution >= 4 is 5.97 Å². The molecule has 1 rings (SSSR count). The number of ether oxygens (including phenoxy) is 1. The van der Waals surface area contributed by atoms with E-state index in [4.69, 9.17) is 10.5 Å². The fraction of sp³-hybridized carbons (Fsp3) is 0.562. The van der Waals surface area contributed by atoms with Crippen LogP contribution in [0.25, 0.3) is 0 Å². The second kappa shape index (κ2) is 6.20. The van der Waals surface area contributed by atoms with Gasteiger partial charge in [0.15, 0.2) is 0 Å². The zero-order valence-electron chi connectivity index (χ0n) is 12.6.